The maximum Gasteiger partial charge on any atom is 0.0555 e. The summed E-state index contributed by atoms with van der Waals surface area (Å²) in [6, 6.07) is 0.627. The Morgan fingerprint density at radius 3 is 2.50 bits per heavy atom. The molecule has 0 aromatic rings. The molecule has 0 amide bonds. The van der Waals surface area contributed by atoms with Crippen LogP contribution in [0.2, 0.25) is 0 Å². The lowest BCUT2D eigenvalue weighted by atomic mass is 10.1. The molecule has 1 aliphatic carbocycles. The van der Waals surface area contributed by atoms with Crippen LogP contribution < -0.4 is 0 Å². The van der Waals surface area contributed by atoms with Gasteiger partial charge < -0.3 is 10.0 Å². The Morgan fingerprint density at radius 2 is 2.08 bits per heavy atom. The van der Waals surface area contributed by atoms with E-state index in [4.69, 9.17) is 0 Å². The van der Waals surface area contributed by atoms with Crippen LogP contribution >= 0.6 is 0 Å². The van der Waals surface area contributed by atoms with Crippen LogP contribution in [0.15, 0.2) is 0 Å². The third kappa shape index (κ3) is 2.76. The van der Waals surface area contributed by atoms with Crippen molar-refractivity contribution in [3.8, 4) is 0 Å². The first-order chi connectivity index (χ1) is 5.59. The molecule has 0 saturated heterocycles. The minimum Gasteiger partial charge on any atom is -0.393 e. The van der Waals surface area contributed by atoms with E-state index in [-0.39, 0.29) is 6.10 Å². The zero-order valence-electron chi connectivity index (χ0n) is 8.45. The standard InChI is InChI=1S/C10H21NO/c1-8(2)7-11(3)9-4-5-10(12)6-9/h8-10,12H,4-7H2,1-3H3. The number of nitrogens with zero attached hydrogens (tertiary/aromatic N) is 1. The van der Waals surface area contributed by atoms with Gasteiger partial charge in [-0.2, -0.15) is 0 Å². The first-order valence-corrected chi connectivity index (χ1v) is 4.98. The van der Waals surface area contributed by atoms with Gasteiger partial charge in [0.05, 0.1) is 6.10 Å². The van der Waals surface area contributed by atoms with Crippen LogP contribution in [-0.4, -0.2) is 35.7 Å². The van der Waals surface area contributed by atoms with E-state index in [1.807, 2.05) is 0 Å². The number of hydrogen-bond donors (Lipinski definition) is 1. The molecule has 0 spiro atoms. The molecule has 1 aliphatic rings. The SMILES string of the molecule is CC(C)CN(C)C1CCC(O)C1. The summed E-state index contributed by atoms with van der Waals surface area (Å²) in [4.78, 5) is 2.39. The summed E-state index contributed by atoms with van der Waals surface area (Å²) in [6.07, 6.45) is 3.10. The van der Waals surface area contributed by atoms with Gasteiger partial charge in [0.15, 0.2) is 0 Å². The van der Waals surface area contributed by atoms with Gasteiger partial charge in [0.1, 0.15) is 0 Å². The molecular weight excluding hydrogens is 150 g/mol. The van der Waals surface area contributed by atoms with E-state index in [0.29, 0.717) is 6.04 Å². The predicted octanol–water partition coefficient (Wildman–Crippen LogP) is 1.49. The minimum absolute atomic E-state index is 0.0374. The monoisotopic (exact) mass is 171 g/mol. The van der Waals surface area contributed by atoms with E-state index in [1.165, 1.54) is 6.42 Å². The average Bonchev–Trinajstić information content (AvgIpc) is 2.34. The van der Waals surface area contributed by atoms with Crippen molar-refractivity contribution in [2.24, 2.45) is 5.92 Å². The van der Waals surface area contributed by atoms with Crippen molar-refractivity contribution in [2.75, 3.05) is 13.6 Å². The van der Waals surface area contributed by atoms with Crippen LogP contribution in [0.1, 0.15) is 33.1 Å². The van der Waals surface area contributed by atoms with Crippen molar-refractivity contribution in [1.29, 1.82) is 0 Å². The summed E-state index contributed by atoms with van der Waals surface area (Å²) in [5, 5.41) is 9.36. The zero-order valence-corrected chi connectivity index (χ0v) is 8.45. The van der Waals surface area contributed by atoms with Crippen molar-refractivity contribution in [3.05, 3.63) is 0 Å². The van der Waals surface area contributed by atoms with Crippen molar-refractivity contribution in [1.82, 2.24) is 4.90 Å². The van der Waals surface area contributed by atoms with Gasteiger partial charge in [0.2, 0.25) is 0 Å². The summed E-state index contributed by atoms with van der Waals surface area (Å²) >= 11 is 0. The molecule has 2 atom stereocenters. The second-order valence-electron chi connectivity index (χ2n) is 4.45. The fourth-order valence-electron chi connectivity index (χ4n) is 2.06. The largest absolute Gasteiger partial charge is 0.393 e. The summed E-state index contributed by atoms with van der Waals surface area (Å²) in [7, 11) is 2.17. The number of aliphatic hydroxyl groups is 1. The Bertz CT molecular complexity index is 136. The van der Waals surface area contributed by atoms with Crippen LogP contribution in [0.3, 0.4) is 0 Å². The van der Waals surface area contributed by atoms with Gasteiger partial charge in [0.25, 0.3) is 0 Å². The zero-order chi connectivity index (χ0) is 9.14. The van der Waals surface area contributed by atoms with Crippen LogP contribution in [0.5, 0.6) is 0 Å². The Morgan fingerprint density at radius 1 is 1.42 bits per heavy atom. The van der Waals surface area contributed by atoms with Gasteiger partial charge in [-0.15, -0.1) is 0 Å². The van der Waals surface area contributed by atoms with Gasteiger partial charge >= 0.3 is 0 Å². The molecule has 0 aromatic carbocycles. The van der Waals surface area contributed by atoms with Crippen LogP contribution in [0.25, 0.3) is 0 Å². The number of aliphatic hydroxyl groups excluding tert-OH is 1. The Hall–Kier alpha value is -0.0800. The molecule has 2 nitrogen and oxygen atoms in total. The average molecular weight is 171 g/mol. The summed E-state index contributed by atoms with van der Waals surface area (Å²) < 4.78 is 0. The van der Waals surface area contributed by atoms with E-state index >= 15 is 0 Å². The fourth-order valence-corrected chi connectivity index (χ4v) is 2.06. The van der Waals surface area contributed by atoms with Gasteiger partial charge in [-0.05, 0) is 32.2 Å². The second-order valence-corrected chi connectivity index (χ2v) is 4.45. The molecule has 1 N–H and O–H groups in total. The first kappa shape index (κ1) is 10.0. The molecule has 2 unspecified atom stereocenters. The highest BCUT2D eigenvalue weighted by Crippen LogP contribution is 2.23. The summed E-state index contributed by atoms with van der Waals surface area (Å²) in [5.74, 6) is 0.729. The van der Waals surface area contributed by atoms with Gasteiger partial charge in [0, 0.05) is 12.6 Å². The highest BCUT2D eigenvalue weighted by molar-refractivity contribution is 4.81. The molecule has 1 saturated carbocycles. The quantitative estimate of drug-likeness (QED) is 0.695. The fraction of sp³-hybridized carbons (Fsp3) is 1.00. The van der Waals surface area contributed by atoms with Crippen molar-refractivity contribution >= 4 is 0 Å². The molecule has 2 heteroatoms. The topological polar surface area (TPSA) is 23.5 Å². The molecular formula is C10H21NO. The van der Waals surface area contributed by atoms with Crippen LogP contribution in [0, 0.1) is 5.92 Å². The molecule has 12 heavy (non-hydrogen) atoms. The first-order valence-electron chi connectivity index (χ1n) is 4.98. The van der Waals surface area contributed by atoms with Gasteiger partial charge in [-0.3, -0.25) is 0 Å². The molecule has 0 bridgehead atoms. The van der Waals surface area contributed by atoms with Gasteiger partial charge in [-0.25, -0.2) is 0 Å². The van der Waals surface area contributed by atoms with Crippen molar-refractivity contribution in [2.45, 2.75) is 45.3 Å². The molecule has 1 rings (SSSR count). The Labute approximate surface area is 75.6 Å². The molecule has 0 heterocycles. The van der Waals surface area contributed by atoms with E-state index in [9.17, 15) is 5.11 Å². The molecule has 72 valence electrons. The molecule has 0 aromatic heterocycles. The third-order valence-corrected chi connectivity index (χ3v) is 2.65. The summed E-state index contributed by atoms with van der Waals surface area (Å²) in [5.41, 5.74) is 0. The lowest BCUT2D eigenvalue weighted by Crippen LogP contribution is -2.32. The summed E-state index contributed by atoms with van der Waals surface area (Å²) in [6.45, 7) is 5.63. The van der Waals surface area contributed by atoms with E-state index in [2.05, 4.69) is 25.8 Å². The highest BCUT2D eigenvalue weighted by Gasteiger charge is 2.25. The predicted molar refractivity (Wildman–Crippen MR) is 51.1 cm³/mol. The van der Waals surface area contributed by atoms with Crippen LogP contribution in [0.4, 0.5) is 0 Å². The lowest BCUT2D eigenvalue weighted by molar-refractivity contribution is 0.158. The number of rotatable bonds is 3. The third-order valence-electron chi connectivity index (χ3n) is 2.65. The molecule has 1 fully saturated rings. The smallest absolute Gasteiger partial charge is 0.0555 e. The molecule has 0 aliphatic heterocycles. The second kappa shape index (κ2) is 4.24. The van der Waals surface area contributed by atoms with Gasteiger partial charge in [-0.1, -0.05) is 13.8 Å². The van der Waals surface area contributed by atoms with Crippen molar-refractivity contribution < 1.29 is 5.11 Å². The normalized spacial score (nSPS) is 30.5. The minimum atomic E-state index is -0.0374. The van der Waals surface area contributed by atoms with Crippen LogP contribution in [-0.2, 0) is 0 Å². The maximum atomic E-state index is 9.36. The highest BCUT2D eigenvalue weighted by atomic mass is 16.3. The van der Waals surface area contributed by atoms with Crippen molar-refractivity contribution in [3.63, 3.8) is 0 Å². The Kier molecular flexibility index (Phi) is 3.53. The molecule has 0 radical (unpaired) electrons. The van der Waals surface area contributed by atoms with E-state index < -0.39 is 0 Å². The Balaban J connectivity index is 2.28. The number of hydrogen-bond acceptors (Lipinski definition) is 2. The maximum absolute atomic E-state index is 9.36. The lowest BCUT2D eigenvalue weighted by Gasteiger charge is -2.25. The van der Waals surface area contributed by atoms with E-state index in [0.717, 1.165) is 25.3 Å². The van der Waals surface area contributed by atoms with E-state index in [1.54, 1.807) is 0 Å².